The second kappa shape index (κ2) is 3.46. The van der Waals surface area contributed by atoms with E-state index in [-0.39, 0.29) is 23.9 Å². The molecule has 0 unspecified atom stereocenters. The van der Waals surface area contributed by atoms with Gasteiger partial charge in [0.15, 0.2) is 11.5 Å². The maximum absolute atomic E-state index is 10.8. The maximum atomic E-state index is 10.8. The first-order chi connectivity index (χ1) is 6.97. The van der Waals surface area contributed by atoms with Crippen LogP contribution in [0.3, 0.4) is 0 Å². The molecular weight excluding hydrogens is 244 g/mol. The summed E-state index contributed by atoms with van der Waals surface area (Å²) in [6, 6.07) is 2.96. The van der Waals surface area contributed by atoms with Gasteiger partial charge in [0.2, 0.25) is 21.6 Å². The molecule has 15 heavy (non-hydrogen) atoms. The monoisotopic (exact) mass is 250 g/mol. The summed E-state index contributed by atoms with van der Waals surface area (Å²) >= 11 is 0. The van der Waals surface area contributed by atoms with Gasteiger partial charge in [0.05, 0.1) is 5.75 Å². The zero-order valence-corrected chi connectivity index (χ0v) is 9.01. The molecule has 1 aromatic carbocycles. The number of phenols is 1. The fraction of sp³-hybridized carbons (Fsp3) is 0.250. The predicted molar refractivity (Wildman–Crippen MR) is 52.7 cm³/mol. The van der Waals surface area contributed by atoms with E-state index in [1.165, 1.54) is 12.1 Å². The van der Waals surface area contributed by atoms with Crippen molar-refractivity contribution >= 4 is 19.7 Å². The van der Waals surface area contributed by atoms with Crippen molar-refractivity contribution in [2.75, 3.05) is 6.79 Å². The Hall–Kier alpha value is -1.14. The molecule has 5 nitrogen and oxygen atoms in total. The van der Waals surface area contributed by atoms with Crippen LogP contribution >= 0.6 is 10.7 Å². The number of aromatic hydroxyl groups is 1. The molecular formula is C8H7ClO5S. The van der Waals surface area contributed by atoms with E-state index in [4.69, 9.17) is 20.2 Å². The second-order valence-electron chi connectivity index (χ2n) is 2.99. The fourth-order valence-corrected chi connectivity index (χ4v) is 2.26. The lowest BCUT2D eigenvalue weighted by Gasteiger charge is -2.04. The van der Waals surface area contributed by atoms with Crippen molar-refractivity contribution in [3.8, 4) is 17.2 Å². The summed E-state index contributed by atoms with van der Waals surface area (Å²) in [4.78, 5) is 0. The topological polar surface area (TPSA) is 72.8 Å². The van der Waals surface area contributed by atoms with Crippen molar-refractivity contribution in [1.82, 2.24) is 0 Å². The van der Waals surface area contributed by atoms with Gasteiger partial charge in [-0.05, 0) is 6.07 Å². The van der Waals surface area contributed by atoms with Crippen LogP contribution in [0.1, 0.15) is 5.56 Å². The summed E-state index contributed by atoms with van der Waals surface area (Å²) in [7, 11) is 1.38. The molecule has 1 aliphatic rings. The van der Waals surface area contributed by atoms with Crippen LogP contribution < -0.4 is 9.47 Å². The Morgan fingerprint density at radius 3 is 2.80 bits per heavy atom. The Labute approximate surface area is 90.6 Å². The van der Waals surface area contributed by atoms with Crippen LogP contribution in [0.4, 0.5) is 0 Å². The average Bonchev–Trinajstić information content (AvgIpc) is 2.56. The van der Waals surface area contributed by atoms with Crippen LogP contribution in [-0.4, -0.2) is 20.3 Å². The molecule has 0 fully saturated rings. The Kier molecular flexibility index (Phi) is 2.40. The molecule has 0 atom stereocenters. The third-order valence-electron chi connectivity index (χ3n) is 1.92. The van der Waals surface area contributed by atoms with Crippen LogP contribution in [0.25, 0.3) is 0 Å². The van der Waals surface area contributed by atoms with E-state index in [1.54, 1.807) is 0 Å². The maximum Gasteiger partial charge on any atom is 0.236 e. The highest BCUT2D eigenvalue weighted by Gasteiger charge is 2.22. The Balaban J connectivity index is 2.43. The average molecular weight is 251 g/mol. The minimum Gasteiger partial charge on any atom is -0.504 e. The normalized spacial score (nSPS) is 14.2. The minimum absolute atomic E-state index is 0.0139. The fourth-order valence-electron chi connectivity index (χ4n) is 1.30. The SMILES string of the molecule is O=S(=O)(Cl)Cc1ccc2c(c1O)OCO2. The van der Waals surface area contributed by atoms with Crippen molar-refractivity contribution in [3.05, 3.63) is 17.7 Å². The molecule has 0 saturated heterocycles. The van der Waals surface area contributed by atoms with Crippen LogP contribution in [-0.2, 0) is 14.8 Å². The number of hydrogen-bond donors (Lipinski definition) is 1. The minimum atomic E-state index is -3.70. The first-order valence-electron chi connectivity index (χ1n) is 4.00. The third kappa shape index (κ3) is 2.10. The van der Waals surface area contributed by atoms with Gasteiger partial charge >= 0.3 is 0 Å². The molecule has 0 radical (unpaired) electrons. The van der Waals surface area contributed by atoms with Gasteiger partial charge in [0.1, 0.15) is 0 Å². The van der Waals surface area contributed by atoms with Gasteiger partial charge in [-0.25, -0.2) is 8.42 Å². The predicted octanol–water partition coefficient (Wildman–Crippen LogP) is 1.19. The van der Waals surface area contributed by atoms with Gasteiger partial charge in [-0.2, -0.15) is 0 Å². The largest absolute Gasteiger partial charge is 0.504 e. The van der Waals surface area contributed by atoms with Gasteiger partial charge in [-0.1, -0.05) is 6.07 Å². The molecule has 2 rings (SSSR count). The molecule has 0 spiro atoms. The van der Waals surface area contributed by atoms with Gasteiger partial charge in [0.25, 0.3) is 0 Å². The lowest BCUT2D eigenvalue weighted by atomic mass is 10.2. The van der Waals surface area contributed by atoms with E-state index in [1.807, 2.05) is 0 Å². The summed E-state index contributed by atoms with van der Waals surface area (Å²) in [6.45, 7) is 0.0139. The Morgan fingerprint density at radius 1 is 1.40 bits per heavy atom. The molecule has 0 bridgehead atoms. The van der Waals surface area contributed by atoms with E-state index >= 15 is 0 Å². The number of ether oxygens (including phenoxy) is 2. The number of fused-ring (bicyclic) bond motifs is 1. The first kappa shape index (κ1) is 10.4. The van der Waals surface area contributed by atoms with E-state index in [9.17, 15) is 13.5 Å². The van der Waals surface area contributed by atoms with E-state index in [0.29, 0.717) is 5.75 Å². The molecule has 0 aromatic heterocycles. The zero-order chi connectivity index (χ0) is 11.1. The Morgan fingerprint density at radius 2 is 2.13 bits per heavy atom. The number of benzene rings is 1. The quantitative estimate of drug-likeness (QED) is 0.798. The lowest BCUT2D eigenvalue weighted by molar-refractivity contribution is 0.171. The molecule has 0 saturated carbocycles. The van der Waals surface area contributed by atoms with E-state index < -0.39 is 14.8 Å². The molecule has 7 heteroatoms. The molecule has 0 aliphatic carbocycles. The van der Waals surface area contributed by atoms with Gasteiger partial charge in [0, 0.05) is 16.2 Å². The highest BCUT2D eigenvalue weighted by atomic mass is 35.7. The van der Waals surface area contributed by atoms with Gasteiger partial charge < -0.3 is 14.6 Å². The highest BCUT2D eigenvalue weighted by Crippen LogP contribution is 2.42. The first-order valence-corrected chi connectivity index (χ1v) is 6.48. The molecule has 1 aliphatic heterocycles. The van der Waals surface area contributed by atoms with Crippen LogP contribution in [0.5, 0.6) is 17.2 Å². The summed E-state index contributed by atoms with van der Waals surface area (Å²) in [5.41, 5.74) is 0.189. The van der Waals surface area contributed by atoms with Gasteiger partial charge in [-0.3, -0.25) is 0 Å². The number of hydrogen-bond acceptors (Lipinski definition) is 5. The summed E-state index contributed by atoms with van der Waals surface area (Å²) in [5, 5.41) is 9.64. The highest BCUT2D eigenvalue weighted by molar-refractivity contribution is 8.13. The van der Waals surface area contributed by atoms with Crippen molar-refractivity contribution in [2.24, 2.45) is 0 Å². The van der Waals surface area contributed by atoms with Crippen LogP contribution in [0.15, 0.2) is 12.1 Å². The van der Waals surface area contributed by atoms with E-state index in [2.05, 4.69) is 0 Å². The van der Waals surface area contributed by atoms with E-state index in [0.717, 1.165) is 0 Å². The number of phenolic OH excluding ortho intramolecular Hbond substituents is 1. The second-order valence-corrected chi connectivity index (χ2v) is 5.77. The number of rotatable bonds is 2. The standard InChI is InChI=1S/C8H7ClO5S/c9-15(11,12)3-5-1-2-6-8(7(5)10)14-4-13-6/h1-2,10H,3-4H2. The molecule has 82 valence electrons. The third-order valence-corrected chi connectivity index (χ3v) is 2.91. The summed E-state index contributed by atoms with van der Waals surface area (Å²) < 4.78 is 31.6. The summed E-state index contributed by atoms with van der Waals surface area (Å²) in [6.07, 6.45) is 0. The van der Waals surface area contributed by atoms with Crippen molar-refractivity contribution in [1.29, 1.82) is 0 Å². The summed E-state index contributed by atoms with van der Waals surface area (Å²) in [5.74, 6) is -0.137. The van der Waals surface area contributed by atoms with Crippen molar-refractivity contribution in [2.45, 2.75) is 5.75 Å². The van der Waals surface area contributed by atoms with Crippen LogP contribution in [0.2, 0.25) is 0 Å². The molecule has 1 heterocycles. The molecule has 1 aromatic rings. The lowest BCUT2D eigenvalue weighted by Crippen LogP contribution is -1.96. The number of halogens is 1. The van der Waals surface area contributed by atoms with Gasteiger partial charge in [-0.15, -0.1) is 0 Å². The zero-order valence-electron chi connectivity index (χ0n) is 7.44. The molecule has 1 N–H and O–H groups in total. The smallest absolute Gasteiger partial charge is 0.236 e. The Bertz CT molecular complexity index is 496. The van der Waals surface area contributed by atoms with Crippen molar-refractivity contribution in [3.63, 3.8) is 0 Å². The molecule has 0 amide bonds. The van der Waals surface area contributed by atoms with Crippen molar-refractivity contribution < 1.29 is 23.0 Å². The van der Waals surface area contributed by atoms with Crippen LogP contribution in [0, 0.1) is 0 Å².